The summed E-state index contributed by atoms with van der Waals surface area (Å²) in [6, 6.07) is 6.53. The van der Waals surface area contributed by atoms with Gasteiger partial charge in [-0.05, 0) is 29.2 Å². The number of hydrogen-bond donors (Lipinski definition) is 0. The molecule has 2 nitrogen and oxygen atoms in total. The van der Waals surface area contributed by atoms with Crippen molar-refractivity contribution < 1.29 is 4.39 Å². The minimum absolute atomic E-state index is 0.0672. The van der Waals surface area contributed by atoms with Gasteiger partial charge >= 0.3 is 0 Å². The topological polar surface area (TPSA) is 25.8 Å². The first-order valence-corrected chi connectivity index (χ1v) is 5.56. The number of halogens is 1. The van der Waals surface area contributed by atoms with E-state index in [1.807, 2.05) is 0 Å². The number of hydrogen-bond acceptors (Lipinski definition) is 2. The van der Waals surface area contributed by atoms with Gasteiger partial charge in [0.15, 0.2) is 5.82 Å². The number of aromatic nitrogens is 2. The van der Waals surface area contributed by atoms with Crippen LogP contribution in [0, 0.1) is 5.82 Å². The summed E-state index contributed by atoms with van der Waals surface area (Å²) in [7, 11) is 0. The van der Waals surface area contributed by atoms with Crippen molar-refractivity contribution in [3.05, 3.63) is 48.0 Å². The fourth-order valence-corrected chi connectivity index (χ4v) is 1.79. The smallest absolute Gasteiger partial charge is 0.159 e. The van der Waals surface area contributed by atoms with E-state index in [2.05, 4.69) is 30.7 Å². The molecule has 0 bridgehead atoms. The third-order valence-corrected chi connectivity index (χ3v) is 2.60. The molecule has 2 rings (SSSR count). The Balaban J connectivity index is 2.64. The van der Waals surface area contributed by atoms with Crippen molar-refractivity contribution in [1.82, 2.24) is 9.97 Å². The van der Waals surface area contributed by atoms with Crippen molar-refractivity contribution in [1.29, 1.82) is 0 Å². The van der Waals surface area contributed by atoms with Gasteiger partial charge in [-0.15, -0.1) is 0 Å². The van der Waals surface area contributed by atoms with Crippen molar-refractivity contribution in [3.8, 4) is 11.4 Å². The van der Waals surface area contributed by atoms with Crippen LogP contribution in [-0.2, 0) is 5.41 Å². The van der Waals surface area contributed by atoms with E-state index < -0.39 is 0 Å². The Bertz CT molecular complexity index is 515. The molecule has 0 N–H and O–H groups in total. The summed E-state index contributed by atoms with van der Waals surface area (Å²) in [5, 5.41) is 0. The molecule has 0 fully saturated rings. The lowest BCUT2D eigenvalue weighted by atomic mass is 9.83. The van der Waals surface area contributed by atoms with E-state index in [1.165, 1.54) is 12.1 Å². The molecule has 0 saturated carbocycles. The third kappa shape index (κ3) is 2.49. The maximum absolute atomic E-state index is 13.4. The zero-order valence-electron chi connectivity index (χ0n) is 10.2. The first-order valence-electron chi connectivity index (χ1n) is 5.56. The van der Waals surface area contributed by atoms with Gasteiger partial charge < -0.3 is 0 Å². The van der Waals surface area contributed by atoms with E-state index >= 15 is 0 Å². The molecular formula is C14H15FN2. The van der Waals surface area contributed by atoms with Crippen molar-refractivity contribution in [3.63, 3.8) is 0 Å². The highest BCUT2D eigenvalue weighted by Crippen LogP contribution is 2.31. The Labute approximate surface area is 101 Å². The zero-order chi connectivity index (χ0) is 12.5. The average molecular weight is 230 g/mol. The first kappa shape index (κ1) is 11.7. The summed E-state index contributed by atoms with van der Waals surface area (Å²) < 4.78 is 13.4. The van der Waals surface area contributed by atoms with E-state index in [0.717, 1.165) is 11.1 Å². The van der Waals surface area contributed by atoms with Crippen LogP contribution in [0.5, 0.6) is 0 Å². The minimum atomic E-state index is -0.263. The summed E-state index contributed by atoms with van der Waals surface area (Å²) in [5.41, 5.74) is 1.74. The second-order valence-electron chi connectivity index (χ2n) is 5.01. The van der Waals surface area contributed by atoms with Gasteiger partial charge in [-0.2, -0.15) is 0 Å². The fraction of sp³-hybridized carbons (Fsp3) is 0.286. The van der Waals surface area contributed by atoms with Crippen molar-refractivity contribution in [2.24, 2.45) is 0 Å². The van der Waals surface area contributed by atoms with Crippen LogP contribution in [0.2, 0.25) is 0 Å². The van der Waals surface area contributed by atoms with E-state index in [9.17, 15) is 4.39 Å². The van der Waals surface area contributed by atoms with Gasteiger partial charge in [-0.25, -0.2) is 14.4 Å². The van der Waals surface area contributed by atoms with Crippen molar-refractivity contribution in [2.75, 3.05) is 0 Å². The molecule has 1 aromatic heterocycles. The molecule has 0 unspecified atom stereocenters. The van der Waals surface area contributed by atoms with Crippen LogP contribution >= 0.6 is 0 Å². The Hall–Kier alpha value is -1.77. The highest BCUT2D eigenvalue weighted by molar-refractivity contribution is 5.61. The molecule has 0 amide bonds. The molecule has 3 heteroatoms. The third-order valence-electron chi connectivity index (χ3n) is 2.60. The largest absolute Gasteiger partial charge is 0.237 e. The van der Waals surface area contributed by atoms with Gasteiger partial charge in [0.25, 0.3) is 0 Å². The monoisotopic (exact) mass is 230 g/mol. The van der Waals surface area contributed by atoms with E-state index in [0.29, 0.717) is 5.82 Å². The fourth-order valence-electron chi connectivity index (χ4n) is 1.79. The lowest BCUT2D eigenvalue weighted by Crippen LogP contribution is -2.13. The van der Waals surface area contributed by atoms with Gasteiger partial charge in [-0.1, -0.05) is 26.8 Å². The summed E-state index contributed by atoms with van der Waals surface area (Å²) in [4.78, 5) is 8.37. The standard InChI is InChI=1S/C14H15FN2/c1-14(2,3)12-6-5-10(15)9-11(12)13-16-7-4-8-17-13/h4-9H,1-3H3. The Morgan fingerprint density at radius 1 is 1.06 bits per heavy atom. The predicted molar refractivity (Wildman–Crippen MR) is 66.1 cm³/mol. The second-order valence-corrected chi connectivity index (χ2v) is 5.01. The summed E-state index contributed by atoms with van der Waals surface area (Å²) >= 11 is 0. The Kier molecular flexibility index (Phi) is 2.92. The molecule has 0 aliphatic carbocycles. The van der Waals surface area contributed by atoms with Gasteiger partial charge in [0, 0.05) is 18.0 Å². The van der Waals surface area contributed by atoms with Crippen molar-refractivity contribution >= 4 is 0 Å². The van der Waals surface area contributed by atoms with Crippen LogP contribution in [-0.4, -0.2) is 9.97 Å². The van der Waals surface area contributed by atoms with Crippen molar-refractivity contribution in [2.45, 2.75) is 26.2 Å². The van der Waals surface area contributed by atoms with E-state index in [1.54, 1.807) is 24.5 Å². The van der Waals surface area contributed by atoms with Crippen LogP contribution in [0.3, 0.4) is 0 Å². The molecular weight excluding hydrogens is 215 g/mol. The van der Waals surface area contributed by atoms with Gasteiger partial charge in [-0.3, -0.25) is 0 Å². The molecule has 2 aromatic rings. The lowest BCUT2D eigenvalue weighted by molar-refractivity contribution is 0.584. The van der Waals surface area contributed by atoms with Crippen LogP contribution < -0.4 is 0 Å². The first-order chi connectivity index (χ1) is 7.98. The molecule has 0 saturated heterocycles. The SMILES string of the molecule is CC(C)(C)c1ccc(F)cc1-c1ncccn1. The van der Waals surface area contributed by atoms with Crippen LogP contribution in [0.25, 0.3) is 11.4 Å². The molecule has 0 radical (unpaired) electrons. The summed E-state index contributed by atoms with van der Waals surface area (Å²) in [6.45, 7) is 6.27. The van der Waals surface area contributed by atoms with Crippen LogP contribution in [0.4, 0.5) is 4.39 Å². The normalized spacial score (nSPS) is 11.5. The Morgan fingerprint density at radius 2 is 1.71 bits per heavy atom. The molecule has 0 spiro atoms. The highest BCUT2D eigenvalue weighted by Gasteiger charge is 2.20. The molecule has 0 atom stereocenters. The average Bonchev–Trinajstić information content (AvgIpc) is 2.28. The van der Waals surface area contributed by atoms with E-state index in [4.69, 9.17) is 0 Å². The minimum Gasteiger partial charge on any atom is -0.237 e. The maximum Gasteiger partial charge on any atom is 0.159 e. The zero-order valence-corrected chi connectivity index (χ0v) is 10.2. The maximum atomic E-state index is 13.4. The molecule has 17 heavy (non-hydrogen) atoms. The van der Waals surface area contributed by atoms with Gasteiger partial charge in [0.05, 0.1) is 0 Å². The molecule has 1 aromatic carbocycles. The lowest BCUT2D eigenvalue weighted by Gasteiger charge is -2.22. The van der Waals surface area contributed by atoms with Crippen LogP contribution in [0.1, 0.15) is 26.3 Å². The quantitative estimate of drug-likeness (QED) is 0.748. The number of benzene rings is 1. The highest BCUT2D eigenvalue weighted by atomic mass is 19.1. The van der Waals surface area contributed by atoms with Crippen LogP contribution in [0.15, 0.2) is 36.7 Å². The van der Waals surface area contributed by atoms with Gasteiger partial charge in [0.2, 0.25) is 0 Å². The second kappa shape index (κ2) is 4.24. The summed E-state index contributed by atoms with van der Waals surface area (Å²) in [6.07, 6.45) is 3.33. The molecule has 88 valence electrons. The Morgan fingerprint density at radius 3 is 2.29 bits per heavy atom. The number of rotatable bonds is 1. The molecule has 0 aliphatic rings. The van der Waals surface area contributed by atoms with E-state index in [-0.39, 0.29) is 11.2 Å². The number of nitrogens with zero attached hydrogens (tertiary/aromatic N) is 2. The van der Waals surface area contributed by atoms with Gasteiger partial charge in [0.1, 0.15) is 5.82 Å². The molecule has 0 aliphatic heterocycles. The summed E-state index contributed by atoms with van der Waals surface area (Å²) in [5.74, 6) is 0.303. The molecule has 1 heterocycles. The predicted octanol–water partition coefficient (Wildman–Crippen LogP) is 3.58.